The SMILES string of the molecule is C/C(=C\C(=O)N[C@H]1CCc2cccc3c2N(C1=O)[C@H](C(=O)N[C@@H](CCC(N)=O)[C@@H](C)OCc1ccc(C)cc1)C3)c1ccc(CP(=O)(O)O)cc1. The number of benzene rings is 3. The van der Waals surface area contributed by atoms with E-state index in [1.165, 1.54) is 11.0 Å². The topological polar surface area (TPSA) is 188 Å². The predicted molar refractivity (Wildman–Crippen MR) is 193 cm³/mol. The molecular weight excluding hydrogens is 671 g/mol. The van der Waals surface area contributed by atoms with Crippen LogP contribution < -0.4 is 21.3 Å². The predicted octanol–water partition coefficient (Wildman–Crippen LogP) is 3.82. The summed E-state index contributed by atoms with van der Waals surface area (Å²) >= 11 is 0. The lowest BCUT2D eigenvalue weighted by Crippen LogP contribution is -2.56. The highest BCUT2D eigenvalue weighted by atomic mass is 31.2. The van der Waals surface area contributed by atoms with Crippen LogP contribution in [0.25, 0.3) is 5.57 Å². The van der Waals surface area contributed by atoms with Crippen LogP contribution in [0.4, 0.5) is 5.69 Å². The first kappa shape index (κ1) is 37.6. The van der Waals surface area contributed by atoms with Crippen LogP contribution in [-0.4, -0.2) is 57.6 Å². The number of anilines is 1. The minimum absolute atomic E-state index is 0.0411. The lowest BCUT2D eigenvalue weighted by atomic mass is 10.0. The standard InChI is InChI=1S/C38H45N4O8P/c1-23-7-9-26(10-8-23)21-50-25(3)31(17-18-34(39)43)41-37(45)33-20-30-6-4-5-29-15-16-32(38(46)42(33)36(29)30)40-35(44)19-24(2)28-13-11-27(12-14-28)22-51(47,48)49/h4-14,19,25,31-33H,15-18,20-22H2,1-3H3,(H2,39,43)(H,40,44)(H,41,45)(H2,47,48,49)/b24-19+/t25-,31+,32+,33+/m1/s1. The van der Waals surface area contributed by atoms with Crippen molar-refractivity contribution in [2.24, 2.45) is 5.73 Å². The van der Waals surface area contributed by atoms with Crippen molar-refractivity contribution >= 4 is 42.5 Å². The van der Waals surface area contributed by atoms with Crippen molar-refractivity contribution in [2.45, 2.75) is 89.9 Å². The Bertz CT molecular complexity index is 1850. The van der Waals surface area contributed by atoms with Crippen LogP contribution in [0.2, 0.25) is 0 Å². The van der Waals surface area contributed by atoms with Crippen molar-refractivity contribution in [3.8, 4) is 0 Å². The van der Waals surface area contributed by atoms with Crippen molar-refractivity contribution < 1.29 is 38.3 Å². The zero-order chi connectivity index (χ0) is 36.9. The van der Waals surface area contributed by atoms with E-state index in [0.717, 1.165) is 22.3 Å². The molecule has 0 saturated carbocycles. The molecule has 4 atom stereocenters. The Labute approximate surface area is 297 Å². The molecule has 2 aliphatic heterocycles. The number of aryl methyl sites for hydroxylation is 2. The number of rotatable bonds is 14. The number of para-hydroxylation sites is 1. The molecule has 0 radical (unpaired) electrons. The van der Waals surface area contributed by atoms with Crippen molar-refractivity contribution in [1.29, 1.82) is 0 Å². The number of allylic oxidation sites excluding steroid dienone is 1. The molecule has 2 heterocycles. The Morgan fingerprint density at radius 1 is 1.04 bits per heavy atom. The van der Waals surface area contributed by atoms with Gasteiger partial charge in [-0.2, -0.15) is 0 Å². The van der Waals surface area contributed by atoms with Crippen LogP contribution in [0, 0.1) is 6.92 Å². The summed E-state index contributed by atoms with van der Waals surface area (Å²) in [6.45, 7) is 5.87. The Morgan fingerprint density at radius 2 is 1.71 bits per heavy atom. The van der Waals surface area contributed by atoms with Gasteiger partial charge in [-0.3, -0.25) is 28.6 Å². The monoisotopic (exact) mass is 716 g/mol. The highest BCUT2D eigenvalue weighted by molar-refractivity contribution is 7.50. The maximum absolute atomic E-state index is 14.2. The minimum atomic E-state index is -4.21. The molecule has 2 aliphatic rings. The summed E-state index contributed by atoms with van der Waals surface area (Å²) in [4.78, 5) is 73.2. The van der Waals surface area contributed by atoms with E-state index in [-0.39, 0.29) is 19.0 Å². The average molecular weight is 717 g/mol. The fraction of sp³-hybridized carbons (Fsp3) is 0.368. The second kappa shape index (κ2) is 16.2. The number of carbonyl (C=O) groups excluding carboxylic acids is 4. The van der Waals surface area contributed by atoms with Crippen LogP contribution >= 0.6 is 7.60 Å². The Hall–Kier alpha value is -4.61. The van der Waals surface area contributed by atoms with Gasteiger partial charge in [-0.15, -0.1) is 0 Å². The largest absolute Gasteiger partial charge is 0.372 e. The molecule has 0 saturated heterocycles. The molecule has 270 valence electrons. The van der Waals surface area contributed by atoms with Gasteiger partial charge in [0.2, 0.25) is 23.6 Å². The number of hydrogen-bond acceptors (Lipinski definition) is 6. The third-order valence-electron chi connectivity index (χ3n) is 9.40. The number of nitrogens with zero attached hydrogens (tertiary/aromatic N) is 1. The second-order valence-corrected chi connectivity index (χ2v) is 15.1. The number of amides is 4. The minimum Gasteiger partial charge on any atom is -0.372 e. The van der Waals surface area contributed by atoms with Gasteiger partial charge in [0.05, 0.1) is 30.6 Å². The van der Waals surface area contributed by atoms with Crippen LogP contribution in [0.1, 0.15) is 66.5 Å². The van der Waals surface area contributed by atoms with Gasteiger partial charge in [-0.1, -0.05) is 72.3 Å². The van der Waals surface area contributed by atoms with E-state index < -0.39 is 55.5 Å². The van der Waals surface area contributed by atoms with E-state index in [2.05, 4.69) is 10.6 Å². The van der Waals surface area contributed by atoms with Gasteiger partial charge in [-0.05, 0) is 73.4 Å². The summed E-state index contributed by atoms with van der Waals surface area (Å²) in [6.07, 6.45) is 1.96. The van der Waals surface area contributed by atoms with Crippen LogP contribution in [0.5, 0.6) is 0 Å². The quantitative estimate of drug-likeness (QED) is 0.123. The summed E-state index contributed by atoms with van der Waals surface area (Å²) in [5.74, 6) is -1.77. The lowest BCUT2D eigenvalue weighted by Gasteiger charge is -2.31. The molecule has 3 aromatic carbocycles. The summed E-state index contributed by atoms with van der Waals surface area (Å²) in [5.41, 5.74) is 11.8. The number of nitrogens with two attached hydrogens (primary N) is 1. The zero-order valence-corrected chi connectivity index (χ0v) is 29.9. The molecule has 51 heavy (non-hydrogen) atoms. The summed E-state index contributed by atoms with van der Waals surface area (Å²) < 4.78 is 17.5. The van der Waals surface area contributed by atoms with Gasteiger partial charge in [0.1, 0.15) is 12.1 Å². The van der Waals surface area contributed by atoms with Crippen molar-refractivity contribution in [1.82, 2.24) is 10.6 Å². The highest BCUT2D eigenvalue weighted by Crippen LogP contribution is 2.40. The highest BCUT2D eigenvalue weighted by Gasteiger charge is 2.44. The number of hydrogen-bond donors (Lipinski definition) is 5. The molecular formula is C38H45N4O8P. The van der Waals surface area contributed by atoms with Gasteiger partial charge in [0.25, 0.3) is 0 Å². The fourth-order valence-electron chi connectivity index (χ4n) is 6.61. The van der Waals surface area contributed by atoms with Crippen molar-refractivity contribution in [2.75, 3.05) is 4.90 Å². The summed E-state index contributed by atoms with van der Waals surface area (Å²) in [6, 6.07) is 17.9. The van der Waals surface area contributed by atoms with E-state index in [0.29, 0.717) is 48.3 Å². The van der Waals surface area contributed by atoms with Crippen LogP contribution in [-0.2, 0) is 54.1 Å². The van der Waals surface area contributed by atoms with Crippen LogP contribution in [0.3, 0.4) is 0 Å². The molecule has 0 aromatic heterocycles. The molecule has 0 aliphatic carbocycles. The maximum Gasteiger partial charge on any atom is 0.329 e. The molecule has 0 bridgehead atoms. The number of carbonyl (C=O) groups is 4. The van der Waals surface area contributed by atoms with E-state index in [1.54, 1.807) is 31.2 Å². The smallest absolute Gasteiger partial charge is 0.329 e. The first-order valence-electron chi connectivity index (χ1n) is 17.0. The van der Waals surface area contributed by atoms with Gasteiger partial charge < -0.3 is 30.9 Å². The molecule has 4 amide bonds. The normalized spacial score (nSPS) is 18.4. The molecule has 0 spiro atoms. The Balaban J connectivity index is 1.31. The van der Waals surface area contributed by atoms with Gasteiger partial charge in [0, 0.05) is 18.9 Å². The second-order valence-electron chi connectivity index (χ2n) is 13.4. The number of primary amides is 1. The van der Waals surface area contributed by atoms with Crippen LogP contribution in [0.15, 0.2) is 72.8 Å². The average Bonchev–Trinajstić information content (AvgIpc) is 3.41. The molecule has 0 fully saturated rings. The molecule has 6 N–H and O–H groups in total. The van der Waals surface area contributed by atoms with E-state index >= 15 is 0 Å². The molecule has 12 nitrogen and oxygen atoms in total. The zero-order valence-electron chi connectivity index (χ0n) is 29.0. The van der Waals surface area contributed by atoms with Gasteiger partial charge in [-0.25, -0.2) is 0 Å². The van der Waals surface area contributed by atoms with E-state index in [4.69, 9.17) is 10.5 Å². The third kappa shape index (κ3) is 9.80. The lowest BCUT2D eigenvalue weighted by molar-refractivity contribution is -0.129. The molecule has 3 aromatic rings. The molecule has 0 unspecified atom stereocenters. The number of nitrogens with one attached hydrogen (secondary N) is 2. The summed E-state index contributed by atoms with van der Waals surface area (Å²) in [5, 5.41) is 5.90. The van der Waals surface area contributed by atoms with E-state index in [9.17, 15) is 33.5 Å². The summed E-state index contributed by atoms with van der Waals surface area (Å²) in [7, 11) is -4.21. The first-order valence-corrected chi connectivity index (χ1v) is 18.8. The fourth-order valence-corrected chi connectivity index (χ4v) is 7.29. The van der Waals surface area contributed by atoms with Crippen molar-refractivity contribution in [3.63, 3.8) is 0 Å². The van der Waals surface area contributed by atoms with Gasteiger partial charge >= 0.3 is 7.60 Å². The van der Waals surface area contributed by atoms with E-state index in [1.807, 2.05) is 56.3 Å². The maximum atomic E-state index is 14.2. The number of ether oxygens (including phenoxy) is 1. The molecule has 13 heteroatoms. The van der Waals surface area contributed by atoms with Crippen molar-refractivity contribution in [3.05, 3.63) is 106 Å². The molecule has 5 rings (SSSR count). The Kier molecular flexibility index (Phi) is 11.9. The Morgan fingerprint density at radius 3 is 2.37 bits per heavy atom. The van der Waals surface area contributed by atoms with Gasteiger partial charge in [0.15, 0.2) is 0 Å². The first-order chi connectivity index (χ1) is 24.2. The third-order valence-corrected chi connectivity index (χ3v) is 10.2.